The lowest BCUT2D eigenvalue weighted by Gasteiger charge is -2.50. The van der Waals surface area contributed by atoms with Crippen molar-refractivity contribution < 1.29 is 51.2 Å². The Labute approximate surface area is 287 Å². The molecule has 4 aliphatic rings. The number of hydrogen-bond donors (Lipinski definition) is 1. The number of phenolic OH excluding ortho intramolecular Hbond substituents is 1. The number of anilines is 2. The molecule has 6 atom stereocenters. The van der Waals surface area contributed by atoms with E-state index in [1.807, 2.05) is 0 Å². The number of aryl methyl sites for hydroxylation is 1. The normalized spacial score (nSPS) is 28.8. The quantitative estimate of drug-likeness (QED) is 0.0502. The van der Waals surface area contributed by atoms with Gasteiger partial charge in [-0.2, -0.15) is 0 Å². The van der Waals surface area contributed by atoms with Gasteiger partial charge in [0.25, 0.3) is 17.5 Å². The van der Waals surface area contributed by atoms with E-state index in [0.29, 0.717) is 0 Å². The van der Waals surface area contributed by atoms with E-state index < -0.39 is 109 Å². The van der Waals surface area contributed by atoms with Gasteiger partial charge in [-0.3, -0.25) is 29.3 Å². The Hall–Kier alpha value is -4.89. The summed E-state index contributed by atoms with van der Waals surface area (Å²) in [5, 5.41) is 21.7. The number of carbonyl (C=O) groups excluding carboxylic acids is 4. The van der Waals surface area contributed by atoms with Crippen molar-refractivity contribution in [2.45, 2.75) is 35.4 Å². The molecule has 0 unspecified atom stereocenters. The lowest BCUT2D eigenvalue weighted by Crippen LogP contribution is -2.60. The fourth-order valence-corrected chi connectivity index (χ4v) is 8.73. The smallest absolute Gasteiger partial charge is 0.271 e. The Bertz CT molecular complexity index is 2140. The van der Waals surface area contributed by atoms with E-state index in [0.717, 1.165) is 17.0 Å². The van der Waals surface area contributed by atoms with Crippen molar-refractivity contribution in [1.29, 1.82) is 0 Å². The number of non-ortho nitro benzene ring substituents is 1. The first-order valence-corrected chi connectivity index (χ1v) is 15.6. The summed E-state index contributed by atoms with van der Waals surface area (Å²) in [5.74, 6) is -22.5. The Morgan fingerprint density at radius 1 is 0.860 bits per heavy atom. The number of hydrogen-bond acceptors (Lipinski definition) is 7. The Kier molecular flexibility index (Phi) is 7.43. The van der Waals surface area contributed by atoms with Gasteiger partial charge in [0.05, 0.1) is 22.4 Å². The first kappa shape index (κ1) is 33.6. The molecule has 50 heavy (non-hydrogen) atoms. The number of nitrogens with zero attached hydrogens (tertiary/aromatic N) is 3. The largest absolute Gasteiger partial charge is 0.508 e. The molecule has 1 saturated carbocycles. The van der Waals surface area contributed by atoms with Crippen molar-refractivity contribution >= 4 is 63.9 Å². The van der Waals surface area contributed by atoms with Gasteiger partial charge in [-0.15, -0.1) is 23.2 Å². The van der Waals surface area contributed by atoms with E-state index in [2.05, 4.69) is 0 Å². The summed E-state index contributed by atoms with van der Waals surface area (Å²) in [7, 11) is 0. The molecule has 2 aliphatic heterocycles. The molecular formula is C33H20Cl2F5N3O7. The summed E-state index contributed by atoms with van der Waals surface area (Å²) in [6.07, 6.45) is 0.683. The summed E-state index contributed by atoms with van der Waals surface area (Å²) >= 11 is 14.2. The molecule has 0 bridgehead atoms. The number of phenols is 1. The number of rotatable bonds is 4. The van der Waals surface area contributed by atoms with E-state index in [4.69, 9.17) is 23.2 Å². The second kappa shape index (κ2) is 11.1. The SMILES string of the molecule is Cc1cc([C@H]2C3=CC[C@@H]4C(=O)N(c5cccc([N+](=O)[O-])c5)C(=O)[C@@H]4[C@@H]3C[C@@]3(Cl)C(=O)N(c4c(F)c(F)c(F)c(F)c4F)C(=O)[C@@]23Cl)ccc1O. The van der Waals surface area contributed by atoms with Crippen LogP contribution in [0.4, 0.5) is 39.0 Å². The van der Waals surface area contributed by atoms with Gasteiger partial charge in [0, 0.05) is 18.1 Å². The van der Waals surface area contributed by atoms with Crippen LogP contribution >= 0.6 is 23.2 Å². The van der Waals surface area contributed by atoms with Crippen molar-refractivity contribution in [2.24, 2.45) is 17.8 Å². The van der Waals surface area contributed by atoms with Crippen molar-refractivity contribution in [1.82, 2.24) is 0 Å². The maximum Gasteiger partial charge on any atom is 0.271 e. The van der Waals surface area contributed by atoms with Crippen LogP contribution in [-0.4, -0.2) is 43.4 Å². The number of fused-ring (bicyclic) bond motifs is 4. The molecule has 3 fully saturated rings. The number of nitro benzene ring substituents is 1. The fourth-order valence-electron chi connectivity index (χ4n) is 7.80. The van der Waals surface area contributed by atoms with Crippen LogP contribution in [0, 0.1) is 63.9 Å². The molecule has 0 aromatic heterocycles. The average molecular weight is 736 g/mol. The van der Waals surface area contributed by atoms with Gasteiger partial charge in [0.15, 0.2) is 33.0 Å². The number of alkyl halides is 2. The van der Waals surface area contributed by atoms with E-state index in [-0.39, 0.29) is 39.5 Å². The number of halogens is 7. The molecule has 2 heterocycles. The highest BCUT2D eigenvalue weighted by atomic mass is 35.5. The molecule has 3 aromatic carbocycles. The molecule has 17 heteroatoms. The highest BCUT2D eigenvalue weighted by Crippen LogP contribution is 2.66. The lowest BCUT2D eigenvalue weighted by atomic mass is 9.56. The maximum atomic E-state index is 15.2. The average Bonchev–Trinajstić information content (AvgIpc) is 3.42. The third-order valence-corrected chi connectivity index (χ3v) is 11.5. The number of amides is 4. The molecular weight excluding hydrogens is 716 g/mol. The second-order valence-corrected chi connectivity index (χ2v) is 13.8. The summed E-state index contributed by atoms with van der Waals surface area (Å²) in [6.45, 7) is 1.48. The standard InChI is InChI=1S/C33H20Cl2F5N3O7/c1-12-9-13(5-8-19(12)44)21-16-6-7-17-20(29(46)41(28(17)45)14-3-2-4-15(10-14)43(49)50)18(16)11-32(34)30(47)42(31(48)33(21,32)35)27-25(39)23(37)22(36)24(38)26(27)40/h2-6,8-10,17-18,20-21,44H,7,11H2,1H3/t17-,18+,20-,21-,32+,33-/m0/s1. The highest BCUT2D eigenvalue weighted by Gasteiger charge is 2.77. The van der Waals surface area contributed by atoms with Crippen LogP contribution < -0.4 is 9.80 Å². The van der Waals surface area contributed by atoms with E-state index in [1.54, 1.807) is 0 Å². The topological polar surface area (TPSA) is 138 Å². The molecule has 7 rings (SSSR count). The monoisotopic (exact) mass is 735 g/mol. The van der Waals surface area contributed by atoms with Gasteiger partial charge in [-0.25, -0.2) is 31.8 Å². The minimum absolute atomic E-state index is 0.108. The number of imide groups is 2. The minimum atomic E-state index is -2.71. The van der Waals surface area contributed by atoms with E-state index in [1.165, 1.54) is 43.3 Å². The predicted molar refractivity (Wildman–Crippen MR) is 165 cm³/mol. The van der Waals surface area contributed by atoms with Crippen molar-refractivity contribution in [3.63, 3.8) is 0 Å². The zero-order valence-corrected chi connectivity index (χ0v) is 26.7. The molecule has 258 valence electrons. The van der Waals surface area contributed by atoms with Crippen molar-refractivity contribution in [3.05, 3.63) is 104 Å². The first-order valence-electron chi connectivity index (χ1n) is 14.9. The van der Waals surface area contributed by atoms with Gasteiger partial charge < -0.3 is 5.11 Å². The van der Waals surface area contributed by atoms with Gasteiger partial charge in [0.1, 0.15) is 11.4 Å². The molecule has 2 aliphatic carbocycles. The lowest BCUT2D eigenvalue weighted by molar-refractivity contribution is -0.384. The Balaban J connectivity index is 1.42. The van der Waals surface area contributed by atoms with Crippen LogP contribution in [-0.2, 0) is 19.2 Å². The van der Waals surface area contributed by atoms with E-state index in [9.17, 15) is 47.6 Å². The van der Waals surface area contributed by atoms with Crippen LogP contribution in [0.25, 0.3) is 0 Å². The number of carbonyl (C=O) groups is 4. The zero-order valence-electron chi connectivity index (χ0n) is 25.2. The second-order valence-electron chi connectivity index (χ2n) is 12.5. The van der Waals surface area contributed by atoms with Crippen LogP contribution in [0.5, 0.6) is 5.75 Å². The van der Waals surface area contributed by atoms with Gasteiger partial charge in [0.2, 0.25) is 17.6 Å². The number of nitro groups is 1. The zero-order chi connectivity index (χ0) is 36.4. The molecule has 1 N–H and O–H groups in total. The molecule has 10 nitrogen and oxygen atoms in total. The van der Waals surface area contributed by atoms with E-state index >= 15 is 8.78 Å². The third-order valence-electron chi connectivity index (χ3n) is 10.1. The number of benzene rings is 3. The predicted octanol–water partition coefficient (Wildman–Crippen LogP) is 6.07. The van der Waals surface area contributed by atoms with Crippen LogP contribution in [0.3, 0.4) is 0 Å². The van der Waals surface area contributed by atoms with Crippen LogP contribution in [0.1, 0.15) is 29.9 Å². The van der Waals surface area contributed by atoms with Gasteiger partial charge >= 0.3 is 0 Å². The first-order chi connectivity index (χ1) is 23.5. The fraction of sp³-hybridized carbons (Fsp3) is 0.273. The van der Waals surface area contributed by atoms with Gasteiger partial charge in [-0.05, 0) is 48.9 Å². The van der Waals surface area contributed by atoms with Gasteiger partial charge in [-0.1, -0.05) is 29.8 Å². The number of aromatic hydroxyl groups is 1. The summed E-state index contributed by atoms with van der Waals surface area (Å²) in [4.78, 5) is 62.2. The molecule has 0 radical (unpaired) electrons. The minimum Gasteiger partial charge on any atom is -0.508 e. The maximum absolute atomic E-state index is 15.2. The third kappa shape index (κ3) is 4.19. The molecule has 3 aromatic rings. The highest BCUT2D eigenvalue weighted by molar-refractivity contribution is 6.58. The summed E-state index contributed by atoms with van der Waals surface area (Å²) < 4.78 is 73.1. The van der Waals surface area contributed by atoms with Crippen LogP contribution in [0.15, 0.2) is 54.1 Å². The van der Waals surface area contributed by atoms with Crippen LogP contribution in [0.2, 0.25) is 0 Å². The number of allylic oxidation sites excluding steroid dienone is 2. The van der Waals surface area contributed by atoms with Crippen molar-refractivity contribution in [2.75, 3.05) is 9.80 Å². The molecule has 4 amide bonds. The molecule has 2 saturated heterocycles. The summed E-state index contributed by atoms with van der Waals surface area (Å²) in [5.41, 5.74) is -1.83. The van der Waals surface area contributed by atoms with Crippen molar-refractivity contribution in [3.8, 4) is 5.75 Å². The summed E-state index contributed by atoms with van der Waals surface area (Å²) in [6, 6.07) is 8.70. The Morgan fingerprint density at radius 2 is 1.50 bits per heavy atom. The molecule has 0 spiro atoms. The Morgan fingerprint density at radius 3 is 2.12 bits per heavy atom.